The van der Waals surface area contributed by atoms with Gasteiger partial charge in [0, 0.05) is 12.6 Å². The molecule has 0 saturated carbocycles. The fourth-order valence-electron chi connectivity index (χ4n) is 1.12. The molecule has 0 spiro atoms. The van der Waals surface area contributed by atoms with E-state index in [4.69, 9.17) is 0 Å². The van der Waals surface area contributed by atoms with E-state index in [9.17, 15) is 13.6 Å². The zero-order chi connectivity index (χ0) is 12.1. The number of halogens is 2. The average Bonchev–Trinajstić information content (AvgIpc) is 2.22. The molecular weight excluding hydrogens is 216 g/mol. The summed E-state index contributed by atoms with van der Waals surface area (Å²) in [5.74, 6) is -1.99. The molecule has 1 rings (SSSR count). The second kappa shape index (κ2) is 5.39. The van der Waals surface area contributed by atoms with Crippen molar-refractivity contribution in [3.8, 4) is 0 Å². The number of hydrogen-bond donors (Lipinski definition) is 2. The molecule has 16 heavy (non-hydrogen) atoms. The molecule has 0 aromatic carbocycles. The van der Waals surface area contributed by atoms with Gasteiger partial charge in [-0.05, 0) is 13.8 Å². The number of anilines is 1. The van der Waals surface area contributed by atoms with Crippen molar-refractivity contribution in [3.63, 3.8) is 0 Å². The maximum Gasteiger partial charge on any atom is 0.242 e. The first-order valence-electron chi connectivity index (χ1n) is 4.90. The van der Waals surface area contributed by atoms with Crippen molar-refractivity contribution in [2.24, 2.45) is 0 Å². The minimum atomic E-state index is -0.823. The summed E-state index contributed by atoms with van der Waals surface area (Å²) in [4.78, 5) is 14.8. The molecule has 2 N–H and O–H groups in total. The molecule has 0 aliphatic heterocycles. The van der Waals surface area contributed by atoms with Crippen LogP contribution in [0.5, 0.6) is 0 Å². The number of nitrogens with one attached hydrogen (secondary N) is 2. The lowest BCUT2D eigenvalue weighted by Crippen LogP contribution is -2.37. The molecule has 4 nitrogen and oxygen atoms in total. The number of carbonyl (C=O) groups is 1. The van der Waals surface area contributed by atoms with Gasteiger partial charge in [-0.25, -0.2) is 13.8 Å². The number of hydrogen-bond acceptors (Lipinski definition) is 3. The van der Waals surface area contributed by atoms with E-state index in [1.807, 2.05) is 0 Å². The molecule has 1 aromatic heterocycles. The van der Waals surface area contributed by atoms with Gasteiger partial charge in [-0.1, -0.05) is 0 Å². The predicted molar refractivity (Wildman–Crippen MR) is 55.9 cm³/mol. The van der Waals surface area contributed by atoms with Crippen molar-refractivity contribution in [2.75, 3.05) is 11.9 Å². The maximum atomic E-state index is 13.2. The molecule has 1 atom stereocenters. The number of aromatic nitrogens is 1. The monoisotopic (exact) mass is 229 g/mol. The summed E-state index contributed by atoms with van der Waals surface area (Å²) in [6.45, 7) is 3.83. The molecular formula is C10H13F2N3O. The smallest absolute Gasteiger partial charge is 0.242 e. The Balaban J connectivity index is 2.69. The van der Waals surface area contributed by atoms with Crippen molar-refractivity contribution in [3.05, 3.63) is 23.9 Å². The van der Waals surface area contributed by atoms with Crippen molar-refractivity contribution in [2.45, 2.75) is 19.9 Å². The predicted octanol–water partition coefficient (Wildman–Crippen LogP) is 1.30. The van der Waals surface area contributed by atoms with Gasteiger partial charge in [0.15, 0.2) is 11.6 Å². The molecule has 1 amide bonds. The first-order chi connectivity index (χ1) is 7.54. The Hall–Kier alpha value is -1.72. The second-order valence-electron chi connectivity index (χ2n) is 3.24. The van der Waals surface area contributed by atoms with E-state index in [0.29, 0.717) is 12.6 Å². The Morgan fingerprint density at radius 1 is 1.56 bits per heavy atom. The number of nitrogens with zero attached hydrogens (tertiary/aromatic N) is 1. The van der Waals surface area contributed by atoms with E-state index in [1.165, 1.54) is 0 Å². The number of rotatable bonds is 4. The largest absolute Gasteiger partial charge is 0.356 e. The first-order valence-corrected chi connectivity index (χ1v) is 4.90. The second-order valence-corrected chi connectivity index (χ2v) is 3.24. The van der Waals surface area contributed by atoms with Crippen LogP contribution in [0.15, 0.2) is 12.3 Å². The maximum absolute atomic E-state index is 13.2. The molecule has 88 valence electrons. The number of likely N-dealkylation sites (N-methyl/N-ethyl adjacent to an activating group) is 1. The Morgan fingerprint density at radius 2 is 2.25 bits per heavy atom. The van der Waals surface area contributed by atoms with Gasteiger partial charge in [-0.15, -0.1) is 0 Å². The van der Waals surface area contributed by atoms with Crippen LogP contribution in [-0.2, 0) is 4.79 Å². The van der Waals surface area contributed by atoms with Crippen LogP contribution in [0.1, 0.15) is 13.8 Å². The topological polar surface area (TPSA) is 54.0 Å². The zero-order valence-electron chi connectivity index (χ0n) is 9.05. The Labute approximate surface area is 92.1 Å². The molecule has 6 heteroatoms. The SMILES string of the molecule is CCNC(=O)C(C)Nc1ncc(F)cc1F. The van der Waals surface area contributed by atoms with Crippen LogP contribution in [-0.4, -0.2) is 23.5 Å². The molecule has 0 aliphatic rings. The van der Waals surface area contributed by atoms with Crippen LogP contribution in [0, 0.1) is 11.6 Å². The van der Waals surface area contributed by atoms with Crippen molar-refractivity contribution >= 4 is 11.7 Å². The first kappa shape index (κ1) is 12.4. The van der Waals surface area contributed by atoms with Crippen molar-refractivity contribution in [1.29, 1.82) is 0 Å². The summed E-state index contributed by atoms with van der Waals surface area (Å²) in [5.41, 5.74) is 0. The van der Waals surface area contributed by atoms with Gasteiger partial charge in [0.25, 0.3) is 0 Å². The quantitative estimate of drug-likeness (QED) is 0.818. The van der Waals surface area contributed by atoms with Crippen LogP contribution < -0.4 is 10.6 Å². The van der Waals surface area contributed by atoms with E-state index in [-0.39, 0.29) is 11.7 Å². The highest BCUT2D eigenvalue weighted by molar-refractivity contribution is 5.83. The summed E-state index contributed by atoms with van der Waals surface area (Å²) < 4.78 is 25.7. The number of amides is 1. The van der Waals surface area contributed by atoms with Gasteiger partial charge in [0.2, 0.25) is 5.91 Å². The third kappa shape index (κ3) is 3.15. The van der Waals surface area contributed by atoms with Gasteiger partial charge in [0.05, 0.1) is 6.20 Å². The lowest BCUT2D eigenvalue weighted by Gasteiger charge is -2.14. The Morgan fingerprint density at radius 3 is 2.81 bits per heavy atom. The fraction of sp³-hybridized carbons (Fsp3) is 0.400. The molecule has 0 fully saturated rings. The van der Waals surface area contributed by atoms with E-state index >= 15 is 0 Å². The minimum absolute atomic E-state index is 0.139. The van der Waals surface area contributed by atoms with Crippen LogP contribution >= 0.6 is 0 Å². The lowest BCUT2D eigenvalue weighted by molar-refractivity contribution is -0.121. The van der Waals surface area contributed by atoms with Gasteiger partial charge in [0.1, 0.15) is 11.9 Å². The van der Waals surface area contributed by atoms with Crippen LogP contribution in [0.25, 0.3) is 0 Å². The van der Waals surface area contributed by atoms with Crippen LogP contribution in [0.2, 0.25) is 0 Å². The fourth-order valence-corrected chi connectivity index (χ4v) is 1.12. The zero-order valence-corrected chi connectivity index (χ0v) is 9.05. The molecule has 1 heterocycles. The number of carbonyl (C=O) groups excluding carboxylic acids is 1. The van der Waals surface area contributed by atoms with Crippen molar-refractivity contribution in [1.82, 2.24) is 10.3 Å². The minimum Gasteiger partial charge on any atom is -0.356 e. The van der Waals surface area contributed by atoms with Crippen LogP contribution in [0.4, 0.5) is 14.6 Å². The van der Waals surface area contributed by atoms with Crippen molar-refractivity contribution < 1.29 is 13.6 Å². The summed E-state index contributed by atoms with van der Waals surface area (Å²) in [6.07, 6.45) is 0.885. The summed E-state index contributed by atoms with van der Waals surface area (Å²) >= 11 is 0. The molecule has 0 radical (unpaired) electrons. The van der Waals surface area contributed by atoms with E-state index in [1.54, 1.807) is 13.8 Å². The highest BCUT2D eigenvalue weighted by Gasteiger charge is 2.14. The molecule has 0 bridgehead atoms. The molecule has 0 aliphatic carbocycles. The Bertz CT molecular complexity index is 384. The average molecular weight is 229 g/mol. The van der Waals surface area contributed by atoms with Gasteiger partial charge >= 0.3 is 0 Å². The summed E-state index contributed by atoms with van der Waals surface area (Å²) in [5, 5.41) is 5.13. The molecule has 1 aromatic rings. The third-order valence-electron chi connectivity index (χ3n) is 1.91. The van der Waals surface area contributed by atoms with Crippen LogP contribution in [0.3, 0.4) is 0 Å². The van der Waals surface area contributed by atoms with Gasteiger partial charge < -0.3 is 10.6 Å². The standard InChI is InChI=1S/C10H13F2N3O/c1-3-13-10(16)6(2)15-9-8(12)4-7(11)5-14-9/h4-6H,3H2,1-2H3,(H,13,16)(H,14,15). The summed E-state index contributed by atoms with van der Waals surface area (Å²) in [7, 11) is 0. The summed E-state index contributed by atoms with van der Waals surface area (Å²) in [6, 6.07) is 0.0761. The highest BCUT2D eigenvalue weighted by atomic mass is 19.1. The number of pyridine rings is 1. The molecule has 0 saturated heterocycles. The van der Waals surface area contributed by atoms with Gasteiger partial charge in [-0.3, -0.25) is 4.79 Å². The van der Waals surface area contributed by atoms with E-state index in [2.05, 4.69) is 15.6 Å². The molecule has 1 unspecified atom stereocenters. The van der Waals surface area contributed by atoms with E-state index < -0.39 is 17.7 Å². The third-order valence-corrected chi connectivity index (χ3v) is 1.91. The normalized spacial score (nSPS) is 12.0. The highest BCUT2D eigenvalue weighted by Crippen LogP contribution is 2.12. The Kier molecular flexibility index (Phi) is 4.16. The van der Waals surface area contributed by atoms with E-state index in [0.717, 1.165) is 6.20 Å². The lowest BCUT2D eigenvalue weighted by atomic mass is 10.3. The van der Waals surface area contributed by atoms with Gasteiger partial charge in [-0.2, -0.15) is 0 Å².